The van der Waals surface area contributed by atoms with Crippen molar-refractivity contribution in [3.63, 3.8) is 0 Å². The highest BCUT2D eigenvalue weighted by molar-refractivity contribution is 6.30. The lowest BCUT2D eigenvalue weighted by atomic mass is 9.98. The molecule has 0 saturated carbocycles. The number of alkyl carbamates (subject to hydrolysis) is 1. The second kappa shape index (κ2) is 10.7. The van der Waals surface area contributed by atoms with E-state index < -0.39 is 12.1 Å². The lowest BCUT2D eigenvalue weighted by Gasteiger charge is -2.21. The minimum atomic E-state index is -0.678. The summed E-state index contributed by atoms with van der Waals surface area (Å²) in [7, 11) is 0. The number of hydrogen-bond acceptors (Lipinski definition) is 3. The zero-order valence-corrected chi connectivity index (χ0v) is 20.1. The van der Waals surface area contributed by atoms with Gasteiger partial charge in [0.05, 0.1) is 0 Å². The Balaban J connectivity index is 1.37. The van der Waals surface area contributed by atoms with Crippen LogP contribution in [0.4, 0.5) is 4.79 Å². The first-order valence-corrected chi connectivity index (χ1v) is 11.9. The minimum Gasteiger partial charge on any atom is -0.449 e. The molecule has 0 bridgehead atoms. The molecule has 0 heterocycles. The molecule has 0 saturated heterocycles. The molecule has 5 nitrogen and oxygen atoms in total. The van der Waals surface area contributed by atoms with Gasteiger partial charge < -0.3 is 15.4 Å². The standard InChI is InChI=1S/C28H29ClN2O3/c1-18(2)15-26(27(32)30-16-19-11-13-20(29)14-12-19)31-28(33)34-17-25-23-9-5-3-7-21(23)22-8-4-6-10-24(22)25/h3-14,18,25-26H,15-17H2,1-2H3,(H,30,32)(H,31,33). The molecule has 0 spiro atoms. The van der Waals surface area contributed by atoms with Crippen LogP contribution in [0.2, 0.25) is 5.02 Å². The van der Waals surface area contributed by atoms with Gasteiger partial charge in [0, 0.05) is 17.5 Å². The number of benzene rings is 3. The number of carbonyl (C=O) groups excluding carboxylic acids is 2. The van der Waals surface area contributed by atoms with E-state index in [2.05, 4.69) is 34.9 Å². The molecule has 2 amide bonds. The average Bonchev–Trinajstić information content (AvgIpc) is 3.15. The van der Waals surface area contributed by atoms with Crippen LogP contribution in [-0.4, -0.2) is 24.6 Å². The van der Waals surface area contributed by atoms with E-state index >= 15 is 0 Å². The average molecular weight is 477 g/mol. The van der Waals surface area contributed by atoms with Gasteiger partial charge in [-0.3, -0.25) is 4.79 Å². The fourth-order valence-electron chi connectivity index (χ4n) is 4.40. The van der Waals surface area contributed by atoms with Crippen LogP contribution in [-0.2, 0) is 16.1 Å². The molecule has 0 fully saturated rings. The summed E-state index contributed by atoms with van der Waals surface area (Å²) in [4.78, 5) is 25.5. The quantitative estimate of drug-likeness (QED) is 0.424. The molecule has 34 heavy (non-hydrogen) atoms. The smallest absolute Gasteiger partial charge is 0.407 e. The number of hydrogen-bond donors (Lipinski definition) is 2. The van der Waals surface area contributed by atoms with Gasteiger partial charge in [0.1, 0.15) is 12.6 Å². The first-order valence-electron chi connectivity index (χ1n) is 11.6. The predicted molar refractivity (Wildman–Crippen MR) is 135 cm³/mol. The molecule has 1 atom stereocenters. The summed E-state index contributed by atoms with van der Waals surface area (Å²) < 4.78 is 5.63. The molecule has 0 aromatic heterocycles. The number of nitrogens with one attached hydrogen (secondary N) is 2. The summed E-state index contributed by atoms with van der Waals surface area (Å²) in [5.41, 5.74) is 5.58. The summed E-state index contributed by atoms with van der Waals surface area (Å²) >= 11 is 5.92. The lowest BCUT2D eigenvalue weighted by molar-refractivity contribution is -0.123. The van der Waals surface area contributed by atoms with Gasteiger partial charge in [0.25, 0.3) is 0 Å². The molecule has 176 valence electrons. The van der Waals surface area contributed by atoms with Crippen LogP contribution in [0.3, 0.4) is 0 Å². The Morgan fingerprint density at radius 1 is 0.912 bits per heavy atom. The Morgan fingerprint density at radius 3 is 2.09 bits per heavy atom. The number of amides is 2. The monoisotopic (exact) mass is 476 g/mol. The van der Waals surface area contributed by atoms with Crippen LogP contribution in [0.25, 0.3) is 11.1 Å². The molecular formula is C28H29ClN2O3. The van der Waals surface area contributed by atoms with Gasteiger partial charge in [0.15, 0.2) is 0 Å². The van der Waals surface area contributed by atoms with Crippen molar-refractivity contribution in [1.29, 1.82) is 0 Å². The maximum Gasteiger partial charge on any atom is 0.407 e. The third kappa shape index (κ3) is 5.60. The number of ether oxygens (including phenoxy) is 1. The third-order valence-corrected chi connectivity index (χ3v) is 6.29. The number of fused-ring (bicyclic) bond motifs is 3. The van der Waals surface area contributed by atoms with Crippen LogP contribution in [0.1, 0.15) is 42.9 Å². The molecule has 3 aromatic carbocycles. The molecule has 0 aliphatic heterocycles. The van der Waals surface area contributed by atoms with E-state index in [9.17, 15) is 9.59 Å². The van der Waals surface area contributed by atoms with E-state index in [0.29, 0.717) is 18.0 Å². The van der Waals surface area contributed by atoms with Crippen LogP contribution in [0.15, 0.2) is 72.8 Å². The Morgan fingerprint density at radius 2 is 1.50 bits per heavy atom. The van der Waals surface area contributed by atoms with Crippen LogP contribution in [0.5, 0.6) is 0 Å². The molecule has 6 heteroatoms. The molecule has 3 aromatic rings. The van der Waals surface area contributed by atoms with Crippen LogP contribution < -0.4 is 10.6 Å². The fourth-order valence-corrected chi connectivity index (χ4v) is 4.53. The molecule has 2 N–H and O–H groups in total. The zero-order valence-electron chi connectivity index (χ0n) is 19.4. The summed E-state index contributed by atoms with van der Waals surface area (Å²) in [6.45, 7) is 4.59. The van der Waals surface area contributed by atoms with Gasteiger partial charge in [0.2, 0.25) is 5.91 Å². The van der Waals surface area contributed by atoms with Gasteiger partial charge in [-0.05, 0) is 52.3 Å². The summed E-state index contributed by atoms with van der Waals surface area (Å²) in [5, 5.41) is 6.31. The summed E-state index contributed by atoms with van der Waals surface area (Å²) in [5.74, 6) is -0.0437. The van der Waals surface area contributed by atoms with E-state index in [1.807, 2.05) is 50.2 Å². The maximum atomic E-state index is 12.8. The van der Waals surface area contributed by atoms with Crippen LogP contribution >= 0.6 is 11.6 Å². The van der Waals surface area contributed by atoms with Crippen molar-refractivity contribution >= 4 is 23.6 Å². The number of rotatable bonds is 8. The van der Waals surface area contributed by atoms with Crippen molar-refractivity contribution in [2.45, 2.75) is 38.8 Å². The van der Waals surface area contributed by atoms with Crippen molar-refractivity contribution in [2.24, 2.45) is 5.92 Å². The Bertz CT molecular complexity index is 1110. The van der Waals surface area contributed by atoms with Crippen molar-refractivity contribution < 1.29 is 14.3 Å². The van der Waals surface area contributed by atoms with Crippen molar-refractivity contribution in [1.82, 2.24) is 10.6 Å². The van der Waals surface area contributed by atoms with Crippen molar-refractivity contribution in [3.8, 4) is 11.1 Å². The topological polar surface area (TPSA) is 67.4 Å². The largest absolute Gasteiger partial charge is 0.449 e. The van der Waals surface area contributed by atoms with Crippen molar-refractivity contribution in [3.05, 3.63) is 94.5 Å². The molecule has 1 aliphatic rings. The lowest BCUT2D eigenvalue weighted by Crippen LogP contribution is -2.47. The van der Waals surface area contributed by atoms with Crippen LogP contribution in [0, 0.1) is 5.92 Å². The summed E-state index contributed by atoms with van der Waals surface area (Å²) in [6.07, 6.45) is -0.0782. The predicted octanol–water partition coefficient (Wildman–Crippen LogP) is 5.91. The van der Waals surface area contributed by atoms with Crippen molar-refractivity contribution in [2.75, 3.05) is 6.61 Å². The van der Waals surface area contributed by atoms with E-state index in [1.165, 1.54) is 11.1 Å². The molecular weight excluding hydrogens is 448 g/mol. The molecule has 0 radical (unpaired) electrons. The third-order valence-electron chi connectivity index (χ3n) is 6.04. The second-order valence-corrected chi connectivity index (χ2v) is 9.43. The van der Waals surface area contributed by atoms with Gasteiger partial charge in [-0.15, -0.1) is 0 Å². The van der Waals surface area contributed by atoms with E-state index in [-0.39, 0.29) is 24.3 Å². The van der Waals surface area contributed by atoms with Gasteiger partial charge in [-0.25, -0.2) is 4.79 Å². The molecule has 1 unspecified atom stereocenters. The fraction of sp³-hybridized carbons (Fsp3) is 0.286. The molecule has 4 rings (SSSR count). The minimum absolute atomic E-state index is 0.0274. The Labute approximate surface area is 205 Å². The Hall–Kier alpha value is -3.31. The Kier molecular flexibility index (Phi) is 7.53. The SMILES string of the molecule is CC(C)CC(NC(=O)OCC1c2ccccc2-c2ccccc21)C(=O)NCc1ccc(Cl)cc1. The first-order chi connectivity index (χ1) is 16.4. The highest BCUT2D eigenvalue weighted by atomic mass is 35.5. The molecule has 1 aliphatic carbocycles. The summed E-state index contributed by atoms with van der Waals surface area (Å²) in [6, 6.07) is 23.0. The maximum absolute atomic E-state index is 12.8. The first kappa shape index (κ1) is 23.8. The van der Waals surface area contributed by atoms with Gasteiger partial charge in [-0.2, -0.15) is 0 Å². The number of carbonyl (C=O) groups is 2. The van der Waals surface area contributed by atoms with E-state index in [0.717, 1.165) is 16.7 Å². The highest BCUT2D eigenvalue weighted by Crippen LogP contribution is 2.44. The zero-order chi connectivity index (χ0) is 24.1. The van der Waals surface area contributed by atoms with E-state index in [1.54, 1.807) is 12.1 Å². The number of halogens is 1. The second-order valence-electron chi connectivity index (χ2n) is 9.00. The van der Waals surface area contributed by atoms with E-state index in [4.69, 9.17) is 16.3 Å². The van der Waals surface area contributed by atoms with Gasteiger partial charge >= 0.3 is 6.09 Å². The van der Waals surface area contributed by atoms with Gasteiger partial charge in [-0.1, -0.05) is 86.1 Å². The highest BCUT2D eigenvalue weighted by Gasteiger charge is 2.30. The normalized spacial score (nSPS) is 13.2.